The smallest absolute Gasteiger partial charge is 0.169 e. The van der Waals surface area contributed by atoms with Gasteiger partial charge in [0.2, 0.25) is 0 Å². The van der Waals surface area contributed by atoms with Crippen LogP contribution in [0.5, 0.6) is 0 Å². The predicted molar refractivity (Wildman–Crippen MR) is 203 cm³/mol. The van der Waals surface area contributed by atoms with Crippen molar-refractivity contribution in [3.63, 3.8) is 0 Å². The zero-order valence-corrected chi connectivity index (χ0v) is 31.2. The van der Waals surface area contributed by atoms with Crippen molar-refractivity contribution < 1.29 is 9.47 Å². The lowest BCUT2D eigenvalue weighted by molar-refractivity contribution is -0.186. The van der Waals surface area contributed by atoms with Gasteiger partial charge in [0.05, 0.1) is 12.2 Å². The highest BCUT2D eigenvalue weighted by Gasteiger charge is 2.48. The number of unbranched alkanes of at least 4 members (excludes halogenated alkanes) is 18. The summed E-state index contributed by atoms with van der Waals surface area (Å²) in [6, 6.07) is 0. The number of hydrogen-bond donors (Lipinski definition) is 0. The molecule has 0 unspecified atom stereocenters. The molecule has 3 atom stereocenters. The van der Waals surface area contributed by atoms with Gasteiger partial charge in [0.15, 0.2) is 5.79 Å². The van der Waals surface area contributed by atoms with Crippen molar-refractivity contribution in [2.24, 2.45) is 5.92 Å². The lowest BCUT2D eigenvalue weighted by atomic mass is 9.87. The Kier molecular flexibility index (Phi) is 25.7. The highest BCUT2D eigenvalue weighted by molar-refractivity contribution is 4.94. The number of ether oxygens (including phenoxy) is 2. The van der Waals surface area contributed by atoms with Crippen LogP contribution in [0.3, 0.4) is 0 Å². The lowest BCUT2D eigenvalue weighted by Crippen LogP contribution is -2.31. The summed E-state index contributed by atoms with van der Waals surface area (Å²) in [7, 11) is 0. The number of fused-ring (bicyclic) bond motifs is 1. The number of rotatable bonds is 30. The van der Waals surface area contributed by atoms with E-state index in [0.29, 0.717) is 12.2 Å². The van der Waals surface area contributed by atoms with Crippen LogP contribution in [0.4, 0.5) is 0 Å². The van der Waals surface area contributed by atoms with Crippen molar-refractivity contribution >= 4 is 0 Å². The van der Waals surface area contributed by atoms with Gasteiger partial charge in [-0.1, -0.05) is 146 Å². The van der Waals surface area contributed by atoms with Gasteiger partial charge in [-0.25, -0.2) is 0 Å². The molecule has 1 saturated carbocycles. The van der Waals surface area contributed by atoms with Gasteiger partial charge in [-0.05, 0) is 102 Å². The first-order valence-corrected chi connectivity index (χ1v) is 20.6. The van der Waals surface area contributed by atoms with E-state index < -0.39 is 0 Å². The SMILES string of the molecule is CCCCC/C=C\C/C=C\CCCCCCCCC1(CCCCCCCC/C=C\C/C=C\CCCCC)O[C@@H]2CC[C@H](C)C[C@H]2O1. The highest BCUT2D eigenvalue weighted by atomic mass is 16.8. The molecule has 2 fully saturated rings. The van der Waals surface area contributed by atoms with E-state index in [-0.39, 0.29) is 5.79 Å². The molecule has 1 saturated heterocycles. The van der Waals surface area contributed by atoms with Crippen molar-refractivity contribution in [3.05, 3.63) is 48.6 Å². The minimum Gasteiger partial charge on any atom is -0.344 e. The van der Waals surface area contributed by atoms with Crippen LogP contribution in [-0.2, 0) is 9.47 Å². The van der Waals surface area contributed by atoms with Crippen LogP contribution in [0, 0.1) is 5.92 Å². The van der Waals surface area contributed by atoms with Gasteiger partial charge in [-0.2, -0.15) is 0 Å². The topological polar surface area (TPSA) is 18.5 Å². The Morgan fingerprint density at radius 1 is 0.457 bits per heavy atom. The van der Waals surface area contributed by atoms with Crippen LogP contribution < -0.4 is 0 Å². The molecule has 0 aromatic carbocycles. The first-order chi connectivity index (χ1) is 22.7. The fourth-order valence-corrected chi connectivity index (χ4v) is 7.27. The highest BCUT2D eigenvalue weighted by Crippen LogP contribution is 2.44. The Morgan fingerprint density at radius 2 is 0.848 bits per heavy atom. The minimum atomic E-state index is -0.288. The van der Waals surface area contributed by atoms with E-state index in [1.165, 1.54) is 161 Å². The molecule has 1 aliphatic carbocycles. The molecule has 2 aliphatic rings. The number of hydrogen-bond acceptors (Lipinski definition) is 2. The second-order valence-electron chi connectivity index (χ2n) is 14.8. The Morgan fingerprint density at radius 3 is 1.30 bits per heavy atom. The summed E-state index contributed by atoms with van der Waals surface area (Å²) in [5.74, 6) is 0.494. The average Bonchev–Trinajstić information content (AvgIpc) is 3.41. The molecule has 0 N–H and O–H groups in total. The molecular formula is C44H78O2. The largest absolute Gasteiger partial charge is 0.344 e. The molecule has 0 aromatic heterocycles. The quantitative estimate of drug-likeness (QED) is 0.0575. The summed E-state index contributed by atoms with van der Waals surface area (Å²) >= 11 is 0. The van der Waals surface area contributed by atoms with Crippen molar-refractivity contribution in [3.8, 4) is 0 Å². The summed E-state index contributed by atoms with van der Waals surface area (Å²) in [5.41, 5.74) is 0. The molecule has 2 rings (SSSR count). The van der Waals surface area contributed by atoms with Crippen LogP contribution in [0.1, 0.15) is 207 Å². The third kappa shape index (κ3) is 21.0. The monoisotopic (exact) mass is 639 g/mol. The molecule has 0 radical (unpaired) electrons. The summed E-state index contributed by atoms with van der Waals surface area (Å²) in [6.45, 7) is 6.94. The summed E-state index contributed by atoms with van der Waals surface area (Å²) in [4.78, 5) is 0. The third-order valence-corrected chi connectivity index (χ3v) is 10.2. The van der Waals surface area contributed by atoms with Crippen LogP contribution >= 0.6 is 0 Å². The molecule has 266 valence electrons. The van der Waals surface area contributed by atoms with Crippen molar-refractivity contribution in [2.75, 3.05) is 0 Å². The first-order valence-electron chi connectivity index (χ1n) is 20.6. The lowest BCUT2D eigenvalue weighted by Gasteiger charge is -2.28. The van der Waals surface area contributed by atoms with Gasteiger partial charge in [-0.15, -0.1) is 0 Å². The molecule has 2 nitrogen and oxygen atoms in total. The second kappa shape index (κ2) is 28.9. The average molecular weight is 639 g/mol. The Labute approximate surface area is 288 Å². The van der Waals surface area contributed by atoms with Crippen LogP contribution in [0.2, 0.25) is 0 Å². The molecule has 0 amide bonds. The number of allylic oxidation sites excluding steroid dienone is 8. The summed E-state index contributed by atoms with van der Waals surface area (Å²) < 4.78 is 13.6. The van der Waals surface area contributed by atoms with Gasteiger partial charge >= 0.3 is 0 Å². The van der Waals surface area contributed by atoms with E-state index in [1.54, 1.807) is 0 Å². The van der Waals surface area contributed by atoms with Gasteiger partial charge in [-0.3, -0.25) is 0 Å². The molecule has 2 heteroatoms. The Balaban J connectivity index is 1.53. The maximum absolute atomic E-state index is 6.82. The van der Waals surface area contributed by atoms with Gasteiger partial charge in [0.1, 0.15) is 0 Å². The van der Waals surface area contributed by atoms with Crippen LogP contribution in [0.15, 0.2) is 48.6 Å². The maximum Gasteiger partial charge on any atom is 0.169 e. The molecule has 1 aliphatic heterocycles. The minimum absolute atomic E-state index is 0.288. The molecule has 46 heavy (non-hydrogen) atoms. The Bertz CT molecular complexity index is 744. The van der Waals surface area contributed by atoms with Crippen molar-refractivity contribution in [1.82, 2.24) is 0 Å². The maximum atomic E-state index is 6.82. The Hall–Kier alpha value is -1.12. The van der Waals surface area contributed by atoms with E-state index in [4.69, 9.17) is 9.47 Å². The molecule has 0 bridgehead atoms. The van der Waals surface area contributed by atoms with E-state index in [9.17, 15) is 0 Å². The fourth-order valence-electron chi connectivity index (χ4n) is 7.27. The van der Waals surface area contributed by atoms with Crippen molar-refractivity contribution in [2.45, 2.75) is 225 Å². The molecular weight excluding hydrogens is 560 g/mol. The van der Waals surface area contributed by atoms with Crippen LogP contribution in [-0.4, -0.2) is 18.0 Å². The third-order valence-electron chi connectivity index (χ3n) is 10.2. The summed E-state index contributed by atoms with van der Waals surface area (Å²) in [6.07, 6.45) is 56.7. The fraction of sp³-hybridized carbons (Fsp3) is 0.818. The van der Waals surface area contributed by atoms with Gasteiger partial charge in [0, 0.05) is 12.8 Å². The summed E-state index contributed by atoms with van der Waals surface area (Å²) in [5, 5.41) is 0. The normalized spacial score (nSPS) is 21.5. The zero-order chi connectivity index (χ0) is 32.8. The van der Waals surface area contributed by atoms with Crippen LogP contribution in [0.25, 0.3) is 0 Å². The van der Waals surface area contributed by atoms with E-state index in [1.807, 2.05) is 0 Å². The van der Waals surface area contributed by atoms with Crippen molar-refractivity contribution in [1.29, 1.82) is 0 Å². The van der Waals surface area contributed by atoms with Gasteiger partial charge in [0.25, 0.3) is 0 Å². The molecule has 0 spiro atoms. The molecule has 0 aromatic rings. The van der Waals surface area contributed by atoms with E-state index in [2.05, 4.69) is 69.4 Å². The molecule has 1 heterocycles. The second-order valence-corrected chi connectivity index (χ2v) is 14.8. The van der Waals surface area contributed by atoms with E-state index in [0.717, 1.165) is 31.6 Å². The standard InChI is InChI=1S/C44H78O2/c1-4-6-8-10-12-14-16-18-20-22-24-26-28-30-32-34-38-44(45-42-37-36-41(3)40-43(42)46-44)39-35-33-31-29-27-25-23-21-19-17-15-13-11-9-7-5-2/h12-15,18-21,41-43H,4-11,16-17,22-40H2,1-3H3/b14-12-,15-13-,20-18-,21-19-/t41-,42+,43+/m0/s1. The predicted octanol–water partition coefficient (Wildman–Crippen LogP) is 14.7. The first kappa shape index (κ1) is 41.1. The zero-order valence-electron chi connectivity index (χ0n) is 31.2. The van der Waals surface area contributed by atoms with Gasteiger partial charge < -0.3 is 9.47 Å². The van der Waals surface area contributed by atoms with E-state index >= 15 is 0 Å².